The second-order valence-corrected chi connectivity index (χ2v) is 6.91. The molecule has 1 saturated carbocycles. The molecule has 1 amide bonds. The summed E-state index contributed by atoms with van der Waals surface area (Å²) in [7, 11) is 0. The molecular formula is C18H26ClFN2O. The van der Waals surface area contributed by atoms with Crippen molar-refractivity contribution in [3.8, 4) is 0 Å². The van der Waals surface area contributed by atoms with Crippen LogP contribution in [-0.2, 0) is 10.3 Å². The topological polar surface area (TPSA) is 41.1 Å². The van der Waals surface area contributed by atoms with Crippen molar-refractivity contribution in [2.45, 2.75) is 44.6 Å². The van der Waals surface area contributed by atoms with Crippen molar-refractivity contribution >= 4 is 18.3 Å². The number of hydrogen-bond donors (Lipinski definition) is 2. The highest BCUT2D eigenvalue weighted by molar-refractivity contribution is 5.85. The van der Waals surface area contributed by atoms with E-state index in [2.05, 4.69) is 17.6 Å². The number of hydrogen-bond acceptors (Lipinski definition) is 2. The van der Waals surface area contributed by atoms with Crippen LogP contribution < -0.4 is 10.6 Å². The zero-order valence-corrected chi connectivity index (χ0v) is 14.4. The Kier molecular flexibility index (Phi) is 6.04. The molecule has 1 saturated heterocycles. The van der Waals surface area contributed by atoms with E-state index in [1.807, 2.05) is 6.07 Å². The fourth-order valence-corrected chi connectivity index (χ4v) is 3.59. The van der Waals surface area contributed by atoms with Crippen LogP contribution in [0.5, 0.6) is 0 Å². The average Bonchev–Trinajstić information content (AvgIpc) is 3.29. The normalized spacial score (nSPS) is 21.1. The SMILES string of the molecule is CC(CC(=O)NC1(c2cccc(F)c2)CC1)C1CCNCC1.Cl. The van der Waals surface area contributed by atoms with Gasteiger partial charge in [-0.2, -0.15) is 0 Å². The van der Waals surface area contributed by atoms with E-state index in [1.165, 1.54) is 6.07 Å². The molecule has 0 spiro atoms. The molecule has 128 valence electrons. The van der Waals surface area contributed by atoms with Crippen LogP contribution in [0.2, 0.25) is 0 Å². The van der Waals surface area contributed by atoms with Gasteiger partial charge in [0.05, 0.1) is 5.54 Å². The summed E-state index contributed by atoms with van der Waals surface area (Å²) in [5, 5.41) is 6.52. The Morgan fingerprint density at radius 2 is 2.09 bits per heavy atom. The van der Waals surface area contributed by atoms with Gasteiger partial charge in [0.2, 0.25) is 5.91 Å². The predicted octanol–water partition coefficient (Wildman–Crippen LogP) is 3.38. The Bertz CT molecular complexity index is 542. The average molecular weight is 341 g/mol. The fraction of sp³-hybridized carbons (Fsp3) is 0.611. The summed E-state index contributed by atoms with van der Waals surface area (Å²) in [5.41, 5.74) is 0.586. The molecule has 1 aromatic rings. The number of carbonyl (C=O) groups excluding carboxylic acids is 1. The quantitative estimate of drug-likeness (QED) is 0.862. The Morgan fingerprint density at radius 3 is 2.70 bits per heavy atom. The minimum atomic E-state index is -0.312. The number of nitrogens with one attached hydrogen (secondary N) is 2. The van der Waals surface area contributed by atoms with Gasteiger partial charge in [-0.25, -0.2) is 4.39 Å². The van der Waals surface area contributed by atoms with Gasteiger partial charge in [0.1, 0.15) is 5.82 Å². The molecule has 2 fully saturated rings. The molecule has 0 radical (unpaired) electrons. The van der Waals surface area contributed by atoms with E-state index in [1.54, 1.807) is 12.1 Å². The molecule has 23 heavy (non-hydrogen) atoms. The summed E-state index contributed by atoms with van der Waals surface area (Å²) >= 11 is 0. The van der Waals surface area contributed by atoms with E-state index in [4.69, 9.17) is 0 Å². The third-order valence-corrected chi connectivity index (χ3v) is 5.20. The van der Waals surface area contributed by atoms with Gasteiger partial charge >= 0.3 is 0 Å². The van der Waals surface area contributed by atoms with E-state index in [0.29, 0.717) is 18.3 Å². The number of amides is 1. The van der Waals surface area contributed by atoms with Crippen LogP contribution in [0.4, 0.5) is 4.39 Å². The molecule has 2 N–H and O–H groups in total. The van der Waals surface area contributed by atoms with Gasteiger partial charge in [0.15, 0.2) is 0 Å². The third-order valence-electron chi connectivity index (χ3n) is 5.20. The monoisotopic (exact) mass is 340 g/mol. The van der Waals surface area contributed by atoms with Crippen molar-refractivity contribution in [1.82, 2.24) is 10.6 Å². The zero-order chi connectivity index (χ0) is 15.6. The molecule has 3 nitrogen and oxygen atoms in total. The van der Waals surface area contributed by atoms with E-state index in [9.17, 15) is 9.18 Å². The molecule has 2 aliphatic rings. The van der Waals surface area contributed by atoms with E-state index in [0.717, 1.165) is 44.3 Å². The molecule has 1 aliphatic heterocycles. The van der Waals surface area contributed by atoms with Crippen molar-refractivity contribution in [2.24, 2.45) is 11.8 Å². The Morgan fingerprint density at radius 1 is 1.39 bits per heavy atom. The van der Waals surface area contributed by atoms with Gasteiger partial charge in [0.25, 0.3) is 0 Å². The van der Waals surface area contributed by atoms with Crippen LogP contribution in [-0.4, -0.2) is 19.0 Å². The Balaban J connectivity index is 0.00000192. The number of halogens is 2. The summed E-state index contributed by atoms with van der Waals surface area (Å²) in [4.78, 5) is 12.4. The van der Waals surface area contributed by atoms with Gasteiger partial charge in [-0.15, -0.1) is 12.4 Å². The summed E-state index contributed by atoms with van der Waals surface area (Å²) in [5.74, 6) is 0.913. The molecule has 5 heteroatoms. The van der Waals surface area contributed by atoms with Crippen molar-refractivity contribution in [3.05, 3.63) is 35.6 Å². The molecule has 1 heterocycles. The molecule has 3 rings (SSSR count). The second-order valence-electron chi connectivity index (χ2n) is 6.91. The van der Waals surface area contributed by atoms with Crippen LogP contribution in [0.15, 0.2) is 24.3 Å². The van der Waals surface area contributed by atoms with Gasteiger partial charge < -0.3 is 10.6 Å². The summed E-state index contributed by atoms with van der Waals surface area (Å²) in [6.45, 7) is 4.30. The van der Waals surface area contributed by atoms with Crippen LogP contribution >= 0.6 is 12.4 Å². The first-order valence-electron chi connectivity index (χ1n) is 8.37. The Hall–Kier alpha value is -1.13. The van der Waals surface area contributed by atoms with Gasteiger partial charge in [-0.1, -0.05) is 19.1 Å². The lowest BCUT2D eigenvalue weighted by Crippen LogP contribution is -2.37. The maximum absolute atomic E-state index is 13.4. The first-order chi connectivity index (χ1) is 10.6. The van der Waals surface area contributed by atoms with Crippen LogP contribution in [0, 0.1) is 17.7 Å². The molecule has 1 aliphatic carbocycles. The standard InChI is InChI=1S/C18H25FN2O.ClH/c1-13(14-5-9-20-10-6-14)11-17(22)21-18(7-8-18)15-3-2-4-16(19)12-15;/h2-4,12-14,20H,5-11H2,1H3,(H,21,22);1H. The largest absolute Gasteiger partial charge is 0.347 e. The Labute approximate surface area is 143 Å². The number of piperidine rings is 1. The molecule has 1 aromatic carbocycles. The lowest BCUT2D eigenvalue weighted by atomic mass is 9.84. The molecule has 1 unspecified atom stereocenters. The van der Waals surface area contributed by atoms with Gasteiger partial charge in [0, 0.05) is 6.42 Å². The minimum Gasteiger partial charge on any atom is -0.347 e. The fourth-order valence-electron chi connectivity index (χ4n) is 3.59. The molecule has 0 bridgehead atoms. The van der Waals surface area contributed by atoms with Crippen LogP contribution in [0.1, 0.15) is 44.6 Å². The van der Waals surface area contributed by atoms with Crippen molar-refractivity contribution < 1.29 is 9.18 Å². The van der Waals surface area contributed by atoms with Crippen molar-refractivity contribution in [3.63, 3.8) is 0 Å². The van der Waals surface area contributed by atoms with Crippen LogP contribution in [0.25, 0.3) is 0 Å². The number of rotatable bonds is 5. The molecule has 1 atom stereocenters. The van der Waals surface area contributed by atoms with E-state index in [-0.39, 0.29) is 29.7 Å². The highest BCUT2D eigenvalue weighted by Gasteiger charge is 2.45. The summed E-state index contributed by atoms with van der Waals surface area (Å²) in [6, 6.07) is 6.62. The summed E-state index contributed by atoms with van der Waals surface area (Å²) < 4.78 is 13.4. The minimum absolute atomic E-state index is 0. The van der Waals surface area contributed by atoms with E-state index < -0.39 is 0 Å². The lowest BCUT2D eigenvalue weighted by molar-refractivity contribution is -0.123. The maximum atomic E-state index is 13.4. The molecule has 0 aromatic heterocycles. The summed E-state index contributed by atoms with van der Waals surface area (Å²) in [6.07, 6.45) is 4.70. The first kappa shape index (κ1) is 18.2. The lowest BCUT2D eigenvalue weighted by Gasteiger charge is -2.28. The van der Waals surface area contributed by atoms with E-state index >= 15 is 0 Å². The third kappa shape index (κ3) is 4.45. The highest BCUT2D eigenvalue weighted by Crippen LogP contribution is 2.45. The van der Waals surface area contributed by atoms with Crippen LogP contribution in [0.3, 0.4) is 0 Å². The van der Waals surface area contributed by atoms with Crippen molar-refractivity contribution in [1.29, 1.82) is 0 Å². The first-order valence-corrected chi connectivity index (χ1v) is 8.37. The zero-order valence-electron chi connectivity index (χ0n) is 13.6. The predicted molar refractivity (Wildman–Crippen MR) is 92.1 cm³/mol. The number of benzene rings is 1. The van der Waals surface area contributed by atoms with Gasteiger partial charge in [-0.3, -0.25) is 4.79 Å². The highest BCUT2D eigenvalue weighted by atomic mass is 35.5. The van der Waals surface area contributed by atoms with Gasteiger partial charge in [-0.05, 0) is 68.3 Å². The maximum Gasteiger partial charge on any atom is 0.220 e. The smallest absolute Gasteiger partial charge is 0.220 e. The molecular weight excluding hydrogens is 315 g/mol. The second kappa shape index (κ2) is 7.63. The number of carbonyl (C=O) groups is 1. The van der Waals surface area contributed by atoms with Crippen molar-refractivity contribution in [2.75, 3.05) is 13.1 Å².